The lowest BCUT2D eigenvalue weighted by Gasteiger charge is -2.32. The molecule has 3 unspecified atom stereocenters. The Morgan fingerprint density at radius 2 is 2.06 bits per heavy atom. The summed E-state index contributed by atoms with van der Waals surface area (Å²) < 4.78 is 0. The summed E-state index contributed by atoms with van der Waals surface area (Å²) in [7, 11) is 0. The van der Waals surface area contributed by atoms with Crippen LogP contribution in [-0.4, -0.2) is 17.3 Å². The monoisotopic (exact) mass is 245 g/mol. The second kappa shape index (κ2) is 5.02. The predicted molar refractivity (Wildman–Crippen MR) is 73.2 cm³/mol. The number of fused-ring (bicyclic) bond motifs is 2. The minimum Gasteiger partial charge on any atom is -0.390 e. The van der Waals surface area contributed by atoms with Crippen LogP contribution in [0, 0.1) is 11.8 Å². The van der Waals surface area contributed by atoms with Crippen LogP contribution in [0.2, 0.25) is 0 Å². The van der Waals surface area contributed by atoms with Gasteiger partial charge in [0.25, 0.3) is 0 Å². The molecular formula is C16H23NO. The van der Waals surface area contributed by atoms with E-state index in [1.807, 2.05) is 6.07 Å². The van der Waals surface area contributed by atoms with Gasteiger partial charge in [0.2, 0.25) is 0 Å². The minimum atomic E-state index is -0.355. The van der Waals surface area contributed by atoms with Crippen LogP contribution in [-0.2, 0) is 6.54 Å². The van der Waals surface area contributed by atoms with Gasteiger partial charge >= 0.3 is 0 Å². The van der Waals surface area contributed by atoms with Gasteiger partial charge in [0, 0.05) is 6.54 Å². The van der Waals surface area contributed by atoms with Gasteiger partial charge in [0.1, 0.15) is 0 Å². The molecule has 3 rings (SSSR count). The summed E-state index contributed by atoms with van der Waals surface area (Å²) in [5.41, 5.74) is 0.963. The molecule has 2 nitrogen and oxygen atoms in total. The first kappa shape index (κ1) is 12.2. The molecule has 1 aromatic carbocycles. The lowest BCUT2D eigenvalue weighted by molar-refractivity contribution is -0.0200. The van der Waals surface area contributed by atoms with Crippen molar-refractivity contribution < 1.29 is 5.11 Å². The van der Waals surface area contributed by atoms with Crippen LogP contribution < -0.4 is 5.32 Å². The molecule has 0 aromatic heterocycles. The molecule has 2 aliphatic rings. The lowest BCUT2D eigenvalue weighted by Crippen LogP contribution is -2.38. The van der Waals surface area contributed by atoms with Gasteiger partial charge in [-0.05, 0) is 56.0 Å². The summed E-state index contributed by atoms with van der Waals surface area (Å²) in [6.07, 6.45) is 5.84. The van der Waals surface area contributed by atoms with E-state index >= 15 is 0 Å². The number of hydrogen-bond donors (Lipinski definition) is 2. The maximum Gasteiger partial charge on any atom is 0.0690 e. The van der Waals surface area contributed by atoms with E-state index in [4.69, 9.17) is 0 Å². The van der Waals surface area contributed by atoms with E-state index in [0.717, 1.165) is 31.8 Å². The average molecular weight is 245 g/mol. The zero-order chi connectivity index (χ0) is 12.4. The molecule has 0 heterocycles. The topological polar surface area (TPSA) is 32.3 Å². The summed E-state index contributed by atoms with van der Waals surface area (Å²) in [5, 5.41) is 14.1. The smallest absolute Gasteiger partial charge is 0.0690 e. The number of nitrogens with one attached hydrogen (secondary N) is 1. The fourth-order valence-corrected chi connectivity index (χ4v) is 3.85. The highest BCUT2D eigenvalue weighted by Crippen LogP contribution is 2.51. The molecule has 0 aliphatic heterocycles. The first-order valence-corrected chi connectivity index (χ1v) is 7.23. The lowest BCUT2D eigenvalue weighted by atomic mass is 9.82. The van der Waals surface area contributed by atoms with E-state index in [9.17, 15) is 5.11 Å². The minimum absolute atomic E-state index is 0.355. The summed E-state index contributed by atoms with van der Waals surface area (Å²) in [6, 6.07) is 10.5. The molecule has 0 spiro atoms. The Morgan fingerprint density at radius 1 is 1.22 bits per heavy atom. The van der Waals surface area contributed by atoms with Crippen LogP contribution in [0.4, 0.5) is 0 Å². The third-order valence-electron chi connectivity index (χ3n) is 4.85. The van der Waals surface area contributed by atoms with E-state index in [1.54, 1.807) is 0 Å². The maximum atomic E-state index is 10.6. The molecule has 0 amide bonds. The van der Waals surface area contributed by atoms with Crippen molar-refractivity contribution in [3.63, 3.8) is 0 Å². The van der Waals surface area contributed by atoms with Crippen LogP contribution in [0.5, 0.6) is 0 Å². The van der Waals surface area contributed by atoms with E-state index in [2.05, 4.69) is 29.6 Å². The van der Waals surface area contributed by atoms with Crippen molar-refractivity contribution in [3.05, 3.63) is 35.9 Å². The Bertz CT molecular complexity index is 391. The number of benzene rings is 1. The Balaban J connectivity index is 1.43. The third kappa shape index (κ3) is 2.45. The molecule has 2 N–H and O–H groups in total. The summed E-state index contributed by atoms with van der Waals surface area (Å²) in [6.45, 7) is 1.83. The molecule has 0 saturated heterocycles. The van der Waals surface area contributed by atoms with Gasteiger partial charge in [-0.25, -0.2) is 0 Å². The Kier molecular flexibility index (Phi) is 3.40. The summed E-state index contributed by atoms with van der Waals surface area (Å²) in [4.78, 5) is 0. The van der Waals surface area contributed by atoms with Gasteiger partial charge in [-0.2, -0.15) is 0 Å². The van der Waals surface area contributed by atoms with E-state index < -0.39 is 0 Å². The molecule has 2 fully saturated rings. The zero-order valence-electron chi connectivity index (χ0n) is 10.9. The van der Waals surface area contributed by atoms with Crippen LogP contribution in [0.25, 0.3) is 0 Å². The first-order chi connectivity index (χ1) is 8.76. The Hall–Kier alpha value is -0.860. The van der Waals surface area contributed by atoms with E-state index in [1.165, 1.54) is 24.8 Å². The van der Waals surface area contributed by atoms with Gasteiger partial charge in [-0.15, -0.1) is 0 Å². The number of rotatable bonds is 5. The van der Waals surface area contributed by atoms with Gasteiger partial charge < -0.3 is 10.4 Å². The van der Waals surface area contributed by atoms with Gasteiger partial charge in [-0.1, -0.05) is 30.3 Å². The molecule has 0 radical (unpaired) electrons. The highest BCUT2D eigenvalue weighted by atomic mass is 16.3. The average Bonchev–Trinajstić information content (AvgIpc) is 2.96. The maximum absolute atomic E-state index is 10.6. The van der Waals surface area contributed by atoms with Crippen LogP contribution in [0.3, 0.4) is 0 Å². The summed E-state index contributed by atoms with van der Waals surface area (Å²) >= 11 is 0. The van der Waals surface area contributed by atoms with Gasteiger partial charge in [-0.3, -0.25) is 0 Å². The Morgan fingerprint density at radius 3 is 2.72 bits per heavy atom. The largest absolute Gasteiger partial charge is 0.390 e. The standard InChI is InChI=1S/C16H23NO/c18-16(11-14-6-7-15(16)10-14)8-9-17-12-13-4-2-1-3-5-13/h1-5,14-15,17-18H,6-12H2. The fraction of sp³-hybridized carbons (Fsp3) is 0.625. The normalized spacial score (nSPS) is 34.1. The Labute approximate surface area is 109 Å². The highest BCUT2D eigenvalue weighted by Gasteiger charge is 2.49. The van der Waals surface area contributed by atoms with E-state index in [0.29, 0.717) is 5.92 Å². The molecule has 2 bridgehead atoms. The third-order valence-corrected chi connectivity index (χ3v) is 4.85. The molecule has 2 heteroatoms. The van der Waals surface area contributed by atoms with Crippen molar-refractivity contribution >= 4 is 0 Å². The summed E-state index contributed by atoms with van der Waals surface area (Å²) in [5.74, 6) is 1.40. The first-order valence-electron chi connectivity index (χ1n) is 7.23. The fourth-order valence-electron chi connectivity index (χ4n) is 3.85. The molecule has 2 aliphatic carbocycles. The van der Waals surface area contributed by atoms with Crippen molar-refractivity contribution in [1.29, 1.82) is 0 Å². The molecular weight excluding hydrogens is 222 g/mol. The second-order valence-electron chi connectivity index (χ2n) is 6.10. The van der Waals surface area contributed by atoms with Crippen LogP contribution >= 0.6 is 0 Å². The highest BCUT2D eigenvalue weighted by molar-refractivity contribution is 5.14. The van der Waals surface area contributed by atoms with Gasteiger partial charge in [0.15, 0.2) is 0 Å². The second-order valence-corrected chi connectivity index (χ2v) is 6.10. The van der Waals surface area contributed by atoms with Crippen molar-refractivity contribution in [2.24, 2.45) is 11.8 Å². The molecule has 18 heavy (non-hydrogen) atoms. The van der Waals surface area contributed by atoms with Crippen LogP contribution in [0.1, 0.15) is 37.7 Å². The molecule has 2 saturated carbocycles. The quantitative estimate of drug-likeness (QED) is 0.782. The molecule has 1 aromatic rings. The van der Waals surface area contributed by atoms with Crippen molar-refractivity contribution in [2.75, 3.05) is 6.54 Å². The number of hydrogen-bond acceptors (Lipinski definition) is 2. The zero-order valence-corrected chi connectivity index (χ0v) is 10.9. The SMILES string of the molecule is OC1(CCNCc2ccccc2)CC2CCC1C2. The van der Waals surface area contributed by atoms with Crippen molar-refractivity contribution in [2.45, 2.75) is 44.2 Å². The molecule has 98 valence electrons. The van der Waals surface area contributed by atoms with E-state index in [-0.39, 0.29) is 5.60 Å². The van der Waals surface area contributed by atoms with Crippen molar-refractivity contribution in [3.8, 4) is 0 Å². The molecule has 3 atom stereocenters. The number of aliphatic hydroxyl groups is 1. The predicted octanol–water partition coefficient (Wildman–Crippen LogP) is 2.72. The van der Waals surface area contributed by atoms with Crippen molar-refractivity contribution in [1.82, 2.24) is 5.32 Å². The van der Waals surface area contributed by atoms with Gasteiger partial charge in [0.05, 0.1) is 5.60 Å². The van der Waals surface area contributed by atoms with Crippen LogP contribution in [0.15, 0.2) is 30.3 Å².